The number of fused-ring (bicyclic) bond motifs is 2. The molecular formula is C50H44. The zero-order valence-electron chi connectivity index (χ0n) is 28.9. The molecule has 0 amide bonds. The molecule has 0 aromatic heterocycles. The minimum atomic E-state index is 0.440. The highest BCUT2D eigenvalue weighted by atomic mass is 14.4. The van der Waals surface area contributed by atoms with Crippen LogP contribution in [0.1, 0.15) is 86.0 Å². The molecule has 0 heterocycles. The second-order valence-corrected chi connectivity index (χ2v) is 15.1. The number of hydrogen-bond acceptors (Lipinski definition) is 0. The number of allylic oxidation sites excluding steroid dienone is 24. The molecule has 3 unspecified atom stereocenters. The minimum Gasteiger partial charge on any atom is -0.0836 e. The summed E-state index contributed by atoms with van der Waals surface area (Å²) in [5.74, 6) is 1.41. The van der Waals surface area contributed by atoms with Crippen LogP contribution in [0, 0.1) is 11.8 Å². The molecule has 3 atom stereocenters. The molecule has 2 aromatic rings. The first kappa shape index (κ1) is 29.9. The molecule has 0 aliphatic heterocycles. The molecule has 2 aromatic carbocycles. The number of rotatable bonds is 5. The van der Waals surface area contributed by atoms with Crippen LogP contribution in [-0.2, 0) is 0 Å². The average Bonchev–Trinajstić information content (AvgIpc) is 3.20. The minimum absolute atomic E-state index is 0.440. The van der Waals surface area contributed by atoms with Gasteiger partial charge >= 0.3 is 0 Å². The van der Waals surface area contributed by atoms with Gasteiger partial charge in [-0.15, -0.1) is 0 Å². The molecular weight excluding hydrogens is 601 g/mol. The van der Waals surface area contributed by atoms with E-state index >= 15 is 0 Å². The van der Waals surface area contributed by atoms with Crippen molar-refractivity contribution in [3.8, 4) is 0 Å². The maximum atomic E-state index is 2.56. The summed E-state index contributed by atoms with van der Waals surface area (Å²) in [7, 11) is 0. The lowest BCUT2D eigenvalue weighted by atomic mass is 9.65. The Hall–Kier alpha value is -4.94. The fraction of sp³-hybridized carbons (Fsp3) is 0.240. The second kappa shape index (κ2) is 12.4. The van der Waals surface area contributed by atoms with E-state index in [1.54, 1.807) is 22.3 Å². The lowest BCUT2D eigenvalue weighted by molar-refractivity contribution is 0.645. The van der Waals surface area contributed by atoms with Crippen molar-refractivity contribution in [2.45, 2.75) is 63.7 Å². The van der Waals surface area contributed by atoms with Gasteiger partial charge in [-0.25, -0.2) is 0 Å². The van der Waals surface area contributed by atoms with Crippen molar-refractivity contribution in [2.75, 3.05) is 0 Å². The van der Waals surface area contributed by atoms with Crippen LogP contribution in [0.15, 0.2) is 162 Å². The SMILES string of the molecule is C1=CCC(c2cc(C3=CCCC=C3)cc(C3=CC(C4=CCCC(C5=c6cccc7c6=C(CC5)C5=CC=CC6C=CC=C7C56)=C4)=CCC3)c2)C=C1. The standard InChI is InChI=1S/C50H44/c1-3-12-33(13-4-1)40-30-41(34-14-5-2-6-15-34)32-42(31-40)38-20-7-18-36(28-38)37-19-8-21-39(29-37)43-26-27-48-46-23-10-17-35-16-9-22-45(49(35)46)47-25-11-24-44(43)50(47)48/h1,3-5,9-12,14-19,22-25,28-33,35,49H,2,6-8,13,20-21,26-27H2. The summed E-state index contributed by atoms with van der Waals surface area (Å²) < 4.78 is 0. The summed E-state index contributed by atoms with van der Waals surface area (Å²) in [6.45, 7) is 0. The van der Waals surface area contributed by atoms with Crippen LogP contribution in [-0.4, -0.2) is 0 Å². The van der Waals surface area contributed by atoms with Crippen molar-refractivity contribution in [1.82, 2.24) is 0 Å². The molecule has 0 saturated heterocycles. The van der Waals surface area contributed by atoms with E-state index in [0.717, 1.165) is 57.8 Å². The molecule has 0 bridgehead atoms. The van der Waals surface area contributed by atoms with Crippen molar-refractivity contribution < 1.29 is 0 Å². The summed E-state index contributed by atoms with van der Waals surface area (Å²) in [6.07, 6.45) is 50.4. The fourth-order valence-electron chi connectivity index (χ4n) is 9.84. The molecule has 244 valence electrons. The Morgan fingerprint density at radius 3 is 2.18 bits per heavy atom. The molecule has 10 rings (SSSR count). The van der Waals surface area contributed by atoms with Crippen molar-refractivity contribution in [1.29, 1.82) is 0 Å². The predicted octanol–water partition coefficient (Wildman–Crippen LogP) is 11.3. The van der Waals surface area contributed by atoms with E-state index in [1.807, 2.05) is 0 Å². The summed E-state index contributed by atoms with van der Waals surface area (Å²) in [5, 5.41) is 3.00. The highest BCUT2D eigenvalue weighted by molar-refractivity contribution is 5.89. The quantitative estimate of drug-likeness (QED) is 0.304. The van der Waals surface area contributed by atoms with Crippen LogP contribution in [0.4, 0.5) is 0 Å². The Morgan fingerprint density at radius 1 is 0.580 bits per heavy atom. The first-order valence-electron chi connectivity index (χ1n) is 19.1. The summed E-state index contributed by atoms with van der Waals surface area (Å²) in [4.78, 5) is 0. The lowest BCUT2D eigenvalue weighted by Crippen LogP contribution is -2.41. The van der Waals surface area contributed by atoms with E-state index in [1.165, 1.54) is 60.6 Å². The van der Waals surface area contributed by atoms with Crippen LogP contribution in [0.5, 0.6) is 0 Å². The van der Waals surface area contributed by atoms with Gasteiger partial charge in [0.2, 0.25) is 0 Å². The number of hydrogen-bond donors (Lipinski definition) is 0. The average molecular weight is 645 g/mol. The highest BCUT2D eigenvalue weighted by Gasteiger charge is 2.36. The predicted molar refractivity (Wildman–Crippen MR) is 212 cm³/mol. The highest BCUT2D eigenvalue weighted by Crippen LogP contribution is 2.48. The Kier molecular flexibility index (Phi) is 7.44. The van der Waals surface area contributed by atoms with E-state index in [-0.39, 0.29) is 0 Å². The van der Waals surface area contributed by atoms with Gasteiger partial charge < -0.3 is 0 Å². The topological polar surface area (TPSA) is 0 Å². The third-order valence-electron chi connectivity index (χ3n) is 12.2. The largest absolute Gasteiger partial charge is 0.0836 e. The molecule has 0 fully saturated rings. The van der Waals surface area contributed by atoms with Gasteiger partial charge in [0.1, 0.15) is 0 Å². The molecule has 0 nitrogen and oxygen atoms in total. The van der Waals surface area contributed by atoms with Crippen LogP contribution in [0.25, 0.3) is 27.9 Å². The van der Waals surface area contributed by atoms with Crippen molar-refractivity contribution in [3.05, 3.63) is 195 Å². The maximum Gasteiger partial charge on any atom is 0.0196 e. The Balaban J connectivity index is 1.03. The first-order chi connectivity index (χ1) is 24.8. The molecule has 8 aliphatic carbocycles. The van der Waals surface area contributed by atoms with Gasteiger partial charge in [0, 0.05) is 17.8 Å². The Labute approximate surface area is 297 Å². The van der Waals surface area contributed by atoms with Gasteiger partial charge in [-0.1, -0.05) is 134 Å². The van der Waals surface area contributed by atoms with Gasteiger partial charge in [0.15, 0.2) is 0 Å². The third-order valence-corrected chi connectivity index (χ3v) is 12.2. The zero-order valence-corrected chi connectivity index (χ0v) is 28.9. The lowest BCUT2D eigenvalue weighted by Gasteiger charge is -2.39. The van der Waals surface area contributed by atoms with E-state index in [9.17, 15) is 0 Å². The molecule has 0 N–H and O–H groups in total. The van der Waals surface area contributed by atoms with Crippen molar-refractivity contribution >= 4 is 27.9 Å². The Morgan fingerprint density at radius 2 is 1.36 bits per heavy atom. The van der Waals surface area contributed by atoms with Gasteiger partial charge in [0.05, 0.1) is 0 Å². The van der Waals surface area contributed by atoms with Gasteiger partial charge in [-0.3, -0.25) is 0 Å². The van der Waals surface area contributed by atoms with Crippen LogP contribution in [0.3, 0.4) is 0 Å². The van der Waals surface area contributed by atoms with Crippen molar-refractivity contribution in [2.24, 2.45) is 11.8 Å². The normalized spacial score (nSPS) is 25.8. The van der Waals surface area contributed by atoms with E-state index in [2.05, 4.69) is 140 Å². The maximum absolute atomic E-state index is 2.56. The van der Waals surface area contributed by atoms with Crippen LogP contribution < -0.4 is 10.4 Å². The first-order valence-corrected chi connectivity index (χ1v) is 19.1. The molecule has 50 heavy (non-hydrogen) atoms. The number of benzene rings is 2. The smallest absolute Gasteiger partial charge is 0.0196 e. The summed E-state index contributed by atoms with van der Waals surface area (Å²) >= 11 is 0. The van der Waals surface area contributed by atoms with Gasteiger partial charge in [-0.05, 0) is 147 Å². The monoisotopic (exact) mass is 644 g/mol. The van der Waals surface area contributed by atoms with Crippen molar-refractivity contribution in [3.63, 3.8) is 0 Å². The van der Waals surface area contributed by atoms with Gasteiger partial charge in [-0.2, -0.15) is 0 Å². The fourth-order valence-corrected chi connectivity index (χ4v) is 9.84. The third kappa shape index (κ3) is 5.11. The van der Waals surface area contributed by atoms with Crippen LogP contribution in [0.2, 0.25) is 0 Å². The molecule has 0 radical (unpaired) electrons. The summed E-state index contributed by atoms with van der Waals surface area (Å²) in [5.41, 5.74) is 19.1. The second-order valence-electron chi connectivity index (χ2n) is 15.1. The van der Waals surface area contributed by atoms with E-state index in [0.29, 0.717) is 17.8 Å². The Bertz CT molecular complexity index is 2340. The van der Waals surface area contributed by atoms with Gasteiger partial charge in [0.25, 0.3) is 0 Å². The zero-order chi connectivity index (χ0) is 33.0. The van der Waals surface area contributed by atoms with Crippen LogP contribution >= 0.6 is 0 Å². The summed E-state index contributed by atoms with van der Waals surface area (Å²) in [6, 6.07) is 14.5. The van der Waals surface area contributed by atoms with E-state index in [4.69, 9.17) is 0 Å². The molecule has 8 aliphatic rings. The molecule has 0 saturated carbocycles. The molecule has 0 spiro atoms. The van der Waals surface area contributed by atoms with E-state index < -0.39 is 0 Å². The molecule has 0 heteroatoms.